The second kappa shape index (κ2) is 4.11. The summed E-state index contributed by atoms with van der Waals surface area (Å²) in [5.41, 5.74) is 0.861. The Bertz CT molecular complexity index is 326. The lowest BCUT2D eigenvalue weighted by atomic mass is 9.85. The van der Waals surface area contributed by atoms with Gasteiger partial charge in [0.15, 0.2) is 0 Å². The predicted octanol–water partition coefficient (Wildman–Crippen LogP) is 3.10. The van der Waals surface area contributed by atoms with Crippen molar-refractivity contribution in [1.82, 2.24) is 0 Å². The zero-order valence-electron chi connectivity index (χ0n) is 10.1. The molecule has 1 fully saturated rings. The third kappa shape index (κ3) is 2.23. The van der Waals surface area contributed by atoms with Gasteiger partial charge >= 0.3 is 5.97 Å². The molecule has 1 atom stereocenters. The Morgan fingerprint density at radius 3 is 2.75 bits per heavy atom. The van der Waals surface area contributed by atoms with Crippen molar-refractivity contribution >= 4 is 5.97 Å². The maximum absolute atomic E-state index is 11.9. The first-order chi connectivity index (χ1) is 7.56. The Morgan fingerprint density at radius 2 is 2.19 bits per heavy atom. The van der Waals surface area contributed by atoms with Gasteiger partial charge in [-0.2, -0.15) is 0 Å². The van der Waals surface area contributed by atoms with Gasteiger partial charge in [0.05, 0.1) is 11.7 Å². The van der Waals surface area contributed by atoms with Crippen molar-refractivity contribution in [2.24, 2.45) is 5.41 Å². The summed E-state index contributed by atoms with van der Waals surface area (Å²) in [6.45, 7) is 3.86. The number of allylic oxidation sites excluding steroid dienone is 1. The third-order valence-corrected chi connectivity index (χ3v) is 3.88. The van der Waals surface area contributed by atoms with Crippen LogP contribution in [0.25, 0.3) is 0 Å². The van der Waals surface area contributed by atoms with Crippen LogP contribution in [0.4, 0.5) is 0 Å². The van der Waals surface area contributed by atoms with Crippen LogP contribution in [0, 0.1) is 5.41 Å². The summed E-state index contributed by atoms with van der Waals surface area (Å²) in [4.78, 5) is 11.9. The average molecular weight is 224 g/mol. The molecule has 3 heteroatoms. The first kappa shape index (κ1) is 11.5. The summed E-state index contributed by atoms with van der Waals surface area (Å²) < 4.78 is 5.27. The van der Waals surface area contributed by atoms with Crippen molar-refractivity contribution in [3.63, 3.8) is 0 Å². The van der Waals surface area contributed by atoms with Gasteiger partial charge < -0.3 is 9.84 Å². The molecule has 1 spiro atoms. The highest BCUT2D eigenvalue weighted by Crippen LogP contribution is 2.57. The highest BCUT2D eigenvalue weighted by Gasteiger charge is 2.47. The van der Waals surface area contributed by atoms with Crippen LogP contribution in [0.15, 0.2) is 11.3 Å². The molecule has 0 saturated heterocycles. The standard InChI is InChI=1S/C13H20O3/c1-3-9(2)16-12(15)10-8-13(6-7-13)5-4-11(10)14/h9,14H,3-8H2,1-2H3. The molecular weight excluding hydrogens is 204 g/mol. The maximum atomic E-state index is 11.9. The average Bonchev–Trinajstić information content (AvgIpc) is 3.02. The van der Waals surface area contributed by atoms with E-state index in [0.29, 0.717) is 23.8 Å². The molecule has 3 nitrogen and oxygen atoms in total. The van der Waals surface area contributed by atoms with Crippen LogP contribution in [-0.2, 0) is 9.53 Å². The Hall–Kier alpha value is -0.990. The number of aliphatic hydroxyl groups excluding tert-OH is 1. The summed E-state index contributed by atoms with van der Waals surface area (Å²) in [5.74, 6) is -0.0522. The summed E-state index contributed by atoms with van der Waals surface area (Å²) >= 11 is 0. The van der Waals surface area contributed by atoms with Crippen LogP contribution >= 0.6 is 0 Å². The fourth-order valence-electron chi connectivity index (χ4n) is 2.23. The lowest BCUT2D eigenvalue weighted by Crippen LogP contribution is -2.22. The van der Waals surface area contributed by atoms with Crippen molar-refractivity contribution in [3.8, 4) is 0 Å². The Balaban J connectivity index is 2.03. The minimum absolute atomic E-state index is 0.0649. The number of carbonyl (C=O) groups excluding carboxylic acids is 1. The van der Waals surface area contributed by atoms with Gasteiger partial charge in [-0.15, -0.1) is 0 Å². The largest absolute Gasteiger partial charge is 0.512 e. The SMILES string of the molecule is CCC(C)OC(=O)C1=C(O)CCC2(CC2)C1. The molecule has 2 rings (SSSR count). The van der Waals surface area contributed by atoms with Gasteiger partial charge in [0.25, 0.3) is 0 Å². The van der Waals surface area contributed by atoms with Crippen LogP contribution in [-0.4, -0.2) is 17.2 Å². The molecule has 0 aromatic rings. The fourth-order valence-corrected chi connectivity index (χ4v) is 2.23. The number of aliphatic hydroxyl groups is 1. The number of carbonyl (C=O) groups is 1. The topological polar surface area (TPSA) is 46.5 Å². The van der Waals surface area contributed by atoms with E-state index >= 15 is 0 Å². The second-order valence-electron chi connectivity index (χ2n) is 5.23. The molecule has 90 valence electrons. The summed E-state index contributed by atoms with van der Waals surface area (Å²) in [6.07, 6.45) is 5.52. The summed E-state index contributed by atoms with van der Waals surface area (Å²) in [5, 5.41) is 9.76. The van der Waals surface area contributed by atoms with E-state index in [0.717, 1.165) is 12.8 Å². The first-order valence-electron chi connectivity index (χ1n) is 6.18. The molecule has 16 heavy (non-hydrogen) atoms. The van der Waals surface area contributed by atoms with Crippen LogP contribution < -0.4 is 0 Å². The highest BCUT2D eigenvalue weighted by molar-refractivity contribution is 5.89. The van der Waals surface area contributed by atoms with Crippen LogP contribution in [0.5, 0.6) is 0 Å². The molecule has 1 N–H and O–H groups in total. The number of ether oxygens (including phenoxy) is 1. The Labute approximate surface area is 96.5 Å². The first-order valence-corrected chi connectivity index (χ1v) is 6.18. The molecule has 0 aromatic heterocycles. The molecular formula is C13H20O3. The van der Waals surface area contributed by atoms with E-state index in [4.69, 9.17) is 4.74 Å². The van der Waals surface area contributed by atoms with Crippen LogP contribution in [0.2, 0.25) is 0 Å². The molecule has 0 heterocycles. The van der Waals surface area contributed by atoms with E-state index in [2.05, 4.69) is 0 Å². The van der Waals surface area contributed by atoms with Gasteiger partial charge in [0, 0.05) is 6.42 Å². The lowest BCUT2D eigenvalue weighted by molar-refractivity contribution is -0.144. The molecule has 0 bridgehead atoms. The molecule has 2 aliphatic rings. The molecule has 0 amide bonds. The van der Waals surface area contributed by atoms with Gasteiger partial charge in [-0.3, -0.25) is 0 Å². The third-order valence-electron chi connectivity index (χ3n) is 3.88. The summed E-state index contributed by atoms with van der Waals surface area (Å²) in [6, 6.07) is 0. The monoisotopic (exact) mass is 224 g/mol. The minimum atomic E-state index is -0.308. The van der Waals surface area contributed by atoms with Crippen molar-refractivity contribution in [2.45, 2.75) is 58.5 Å². The van der Waals surface area contributed by atoms with E-state index in [1.165, 1.54) is 12.8 Å². The van der Waals surface area contributed by atoms with Gasteiger partial charge in [-0.05, 0) is 44.4 Å². The van der Waals surface area contributed by atoms with E-state index in [1.54, 1.807) is 0 Å². The van der Waals surface area contributed by atoms with Gasteiger partial charge in [-0.1, -0.05) is 6.92 Å². The van der Waals surface area contributed by atoms with Crippen molar-refractivity contribution < 1.29 is 14.6 Å². The van der Waals surface area contributed by atoms with Crippen molar-refractivity contribution in [3.05, 3.63) is 11.3 Å². The van der Waals surface area contributed by atoms with E-state index in [9.17, 15) is 9.90 Å². The van der Waals surface area contributed by atoms with E-state index in [1.807, 2.05) is 13.8 Å². The Kier molecular flexibility index (Phi) is 2.96. The number of esters is 1. The molecule has 2 aliphatic carbocycles. The number of hydrogen-bond donors (Lipinski definition) is 1. The molecule has 1 unspecified atom stereocenters. The van der Waals surface area contributed by atoms with Crippen LogP contribution in [0.1, 0.15) is 52.4 Å². The number of rotatable bonds is 3. The number of hydrogen-bond acceptors (Lipinski definition) is 3. The van der Waals surface area contributed by atoms with Crippen LogP contribution in [0.3, 0.4) is 0 Å². The van der Waals surface area contributed by atoms with E-state index in [-0.39, 0.29) is 17.8 Å². The van der Waals surface area contributed by atoms with Gasteiger partial charge in [0.1, 0.15) is 5.76 Å². The normalized spacial score (nSPS) is 24.4. The molecule has 0 aromatic carbocycles. The van der Waals surface area contributed by atoms with Crippen molar-refractivity contribution in [2.75, 3.05) is 0 Å². The second-order valence-corrected chi connectivity index (χ2v) is 5.23. The maximum Gasteiger partial charge on any atom is 0.337 e. The van der Waals surface area contributed by atoms with Gasteiger partial charge in [-0.25, -0.2) is 4.79 Å². The lowest BCUT2D eigenvalue weighted by Gasteiger charge is -2.24. The predicted molar refractivity (Wildman–Crippen MR) is 61.0 cm³/mol. The quantitative estimate of drug-likeness (QED) is 0.749. The van der Waals surface area contributed by atoms with E-state index < -0.39 is 0 Å². The summed E-state index contributed by atoms with van der Waals surface area (Å²) in [7, 11) is 0. The smallest absolute Gasteiger partial charge is 0.337 e. The molecule has 0 radical (unpaired) electrons. The molecule has 0 aliphatic heterocycles. The fraction of sp³-hybridized carbons (Fsp3) is 0.769. The van der Waals surface area contributed by atoms with Crippen molar-refractivity contribution in [1.29, 1.82) is 0 Å². The molecule has 1 saturated carbocycles. The zero-order valence-corrected chi connectivity index (χ0v) is 10.1. The van der Waals surface area contributed by atoms with Gasteiger partial charge in [0.2, 0.25) is 0 Å². The minimum Gasteiger partial charge on any atom is -0.512 e. The highest BCUT2D eigenvalue weighted by atomic mass is 16.5. The Morgan fingerprint density at radius 1 is 1.50 bits per heavy atom. The zero-order chi connectivity index (χ0) is 11.8.